The number of carbonyl (C=O) groups is 1. The van der Waals surface area contributed by atoms with Crippen LogP contribution in [0, 0.1) is 5.92 Å². The zero-order valence-corrected chi connectivity index (χ0v) is 11.1. The lowest BCUT2D eigenvalue weighted by Gasteiger charge is -2.37. The van der Waals surface area contributed by atoms with Crippen LogP contribution in [0.2, 0.25) is 0 Å². The van der Waals surface area contributed by atoms with E-state index in [1.54, 1.807) is 7.11 Å². The predicted octanol–water partition coefficient (Wildman–Crippen LogP) is 1.21. The van der Waals surface area contributed by atoms with E-state index in [0.29, 0.717) is 26.2 Å². The van der Waals surface area contributed by atoms with Gasteiger partial charge in [-0.1, -0.05) is 12.1 Å². The Morgan fingerprint density at radius 2 is 2.32 bits per heavy atom. The molecule has 1 aromatic carbocycles. The molecule has 0 atom stereocenters. The number of hydrogen-bond donors (Lipinski definition) is 1. The average molecular weight is 266 g/mol. The molecule has 0 aliphatic carbocycles. The van der Waals surface area contributed by atoms with E-state index in [4.69, 9.17) is 4.74 Å². The van der Waals surface area contributed by atoms with Crippen molar-refractivity contribution in [3.63, 3.8) is 0 Å². The van der Waals surface area contributed by atoms with Crippen molar-refractivity contribution in [1.29, 1.82) is 0 Å². The number of nitrogens with one attached hydrogen (secondary N) is 1. The van der Waals surface area contributed by atoms with Crippen LogP contribution in [-0.4, -0.2) is 44.2 Å². The van der Waals surface area contributed by atoms with Crippen LogP contribution in [0.15, 0.2) is 24.3 Å². The van der Waals surface area contributed by atoms with Crippen LogP contribution in [0.5, 0.6) is 5.75 Å². The molecular formula is C14H19FN2O2. The van der Waals surface area contributed by atoms with Gasteiger partial charge in [0.1, 0.15) is 5.75 Å². The minimum atomic E-state index is -0.290. The molecule has 0 spiro atoms. The highest BCUT2D eigenvalue weighted by molar-refractivity contribution is 5.78. The van der Waals surface area contributed by atoms with Gasteiger partial charge in [-0.3, -0.25) is 14.1 Å². The molecule has 1 aromatic rings. The largest absolute Gasteiger partial charge is 0.497 e. The summed E-state index contributed by atoms with van der Waals surface area (Å²) in [6.07, 6.45) is 0. The zero-order chi connectivity index (χ0) is 13.7. The van der Waals surface area contributed by atoms with Crippen molar-refractivity contribution < 1.29 is 13.9 Å². The van der Waals surface area contributed by atoms with E-state index in [0.717, 1.165) is 11.3 Å². The molecule has 0 unspecified atom stereocenters. The standard InChI is InChI=1S/C14H19FN2O2/c1-19-13-4-2-3-11(5-13)7-16-14(18)10-17-8-12(6-15)9-17/h2-5,12H,6-10H2,1H3,(H,16,18). The first-order chi connectivity index (χ1) is 9.21. The van der Waals surface area contributed by atoms with Gasteiger partial charge in [-0.25, -0.2) is 0 Å². The molecule has 4 nitrogen and oxygen atoms in total. The third-order valence-corrected chi connectivity index (χ3v) is 3.24. The van der Waals surface area contributed by atoms with Gasteiger partial charge in [-0.05, 0) is 17.7 Å². The van der Waals surface area contributed by atoms with Gasteiger partial charge in [-0.2, -0.15) is 0 Å². The number of likely N-dealkylation sites (tertiary alicyclic amines) is 1. The molecule has 2 rings (SSSR count). The van der Waals surface area contributed by atoms with Gasteiger partial charge in [0.2, 0.25) is 5.91 Å². The van der Waals surface area contributed by atoms with Crippen molar-refractivity contribution in [2.24, 2.45) is 5.92 Å². The first-order valence-electron chi connectivity index (χ1n) is 6.39. The van der Waals surface area contributed by atoms with Crippen LogP contribution in [0.3, 0.4) is 0 Å². The van der Waals surface area contributed by atoms with Gasteiger partial charge in [0.05, 0.1) is 20.3 Å². The summed E-state index contributed by atoms with van der Waals surface area (Å²) in [4.78, 5) is 13.6. The minimum absolute atomic E-state index is 0.0277. The molecule has 1 fully saturated rings. The summed E-state index contributed by atoms with van der Waals surface area (Å²) in [6.45, 7) is 1.91. The third kappa shape index (κ3) is 3.92. The number of methoxy groups -OCH3 is 1. The summed E-state index contributed by atoms with van der Waals surface area (Å²) in [7, 11) is 1.61. The molecule has 0 saturated carbocycles. The number of alkyl halides is 1. The quantitative estimate of drug-likeness (QED) is 0.841. The lowest BCUT2D eigenvalue weighted by Crippen LogP contribution is -2.51. The highest BCUT2D eigenvalue weighted by Crippen LogP contribution is 2.15. The maximum absolute atomic E-state index is 12.3. The molecule has 1 heterocycles. The summed E-state index contributed by atoms with van der Waals surface area (Å²) >= 11 is 0. The van der Waals surface area contributed by atoms with Gasteiger partial charge in [0, 0.05) is 25.6 Å². The van der Waals surface area contributed by atoms with Gasteiger partial charge in [0.15, 0.2) is 0 Å². The highest BCUT2D eigenvalue weighted by atomic mass is 19.1. The van der Waals surface area contributed by atoms with Crippen LogP contribution in [-0.2, 0) is 11.3 Å². The molecule has 1 aliphatic rings. The summed E-state index contributed by atoms with van der Waals surface area (Å²) in [5, 5.41) is 2.85. The van der Waals surface area contributed by atoms with Crippen molar-refractivity contribution in [2.75, 3.05) is 33.4 Å². The Kier molecular flexibility index (Phi) is 4.74. The van der Waals surface area contributed by atoms with Crippen molar-refractivity contribution >= 4 is 5.91 Å². The first kappa shape index (κ1) is 13.8. The van der Waals surface area contributed by atoms with E-state index < -0.39 is 0 Å². The molecule has 1 saturated heterocycles. The Labute approximate surface area is 112 Å². The molecular weight excluding hydrogens is 247 g/mol. The van der Waals surface area contributed by atoms with Crippen molar-refractivity contribution in [3.05, 3.63) is 29.8 Å². The van der Waals surface area contributed by atoms with E-state index in [9.17, 15) is 9.18 Å². The second kappa shape index (κ2) is 6.52. The monoisotopic (exact) mass is 266 g/mol. The van der Waals surface area contributed by atoms with E-state index in [1.807, 2.05) is 29.2 Å². The zero-order valence-electron chi connectivity index (χ0n) is 11.1. The second-order valence-electron chi connectivity index (χ2n) is 4.84. The normalized spacial score (nSPS) is 15.9. The SMILES string of the molecule is COc1cccc(CNC(=O)CN2CC(CF)C2)c1. The van der Waals surface area contributed by atoms with Crippen LogP contribution < -0.4 is 10.1 Å². The molecule has 104 valence electrons. The van der Waals surface area contributed by atoms with Crippen LogP contribution in [0.25, 0.3) is 0 Å². The topological polar surface area (TPSA) is 41.6 Å². The maximum Gasteiger partial charge on any atom is 0.234 e. The maximum atomic E-state index is 12.3. The van der Waals surface area contributed by atoms with Gasteiger partial charge >= 0.3 is 0 Å². The van der Waals surface area contributed by atoms with Crippen molar-refractivity contribution in [2.45, 2.75) is 6.54 Å². The Bertz CT molecular complexity index is 433. The number of nitrogens with zero attached hydrogens (tertiary/aromatic N) is 1. The predicted molar refractivity (Wildman–Crippen MR) is 70.7 cm³/mol. The fraction of sp³-hybridized carbons (Fsp3) is 0.500. The lowest BCUT2D eigenvalue weighted by atomic mass is 10.0. The number of benzene rings is 1. The number of halogens is 1. The van der Waals surface area contributed by atoms with E-state index in [-0.39, 0.29) is 18.5 Å². The molecule has 1 N–H and O–H groups in total. The summed E-state index contributed by atoms with van der Waals surface area (Å²) in [6, 6.07) is 7.58. The molecule has 1 amide bonds. The second-order valence-corrected chi connectivity index (χ2v) is 4.84. The minimum Gasteiger partial charge on any atom is -0.497 e. The van der Waals surface area contributed by atoms with Gasteiger partial charge in [-0.15, -0.1) is 0 Å². The molecule has 1 aliphatic heterocycles. The van der Waals surface area contributed by atoms with Crippen molar-refractivity contribution in [3.8, 4) is 5.75 Å². The van der Waals surface area contributed by atoms with Crippen LogP contribution >= 0.6 is 0 Å². The Morgan fingerprint density at radius 3 is 3.00 bits per heavy atom. The van der Waals surface area contributed by atoms with E-state index >= 15 is 0 Å². The number of rotatable bonds is 6. The van der Waals surface area contributed by atoms with E-state index in [1.165, 1.54) is 0 Å². The third-order valence-electron chi connectivity index (χ3n) is 3.24. The molecule has 5 heteroatoms. The van der Waals surface area contributed by atoms with Gasteiger partial charge < -0.3 is 10.1 Å². The van der Waals surface area contributed by atoms with E-state index in [2.05, 4.69) is 5.32 Å². The number of hydrogen-bond acceptors (Lipinski definition) is 3. The molecule has 0 bridgehead atoms. The smallest absolute Gasteiger partial charge is 0.234 e. The summed E-state index contributed by atoms with van der Waals surface area (Å²) < 4.78 is 17.4. The fourth-order valence-electron chi connectivity index (χ4n) is 2.15. The first-order valence-corrected chi connectivity index (χ1v) is 6.39. The Hall–Kier alpha value is -1.62. The summed E-state index contributed by atoms with van der Waals surface area (Å²) in [5.41, 5.74) is 0.998. The Balaban J connectivity index is 1.71. The number of amides is 1. The van der Waals surface area contributed by atoms with Crippen LogP contribution in [0.1, 0.15) is 5.56 Å². The summed E-state index contributed by atoms with van der Waals surface area (Å²) in [5.74, 6) is 0.867. The number of ether oxygens (including phenoxy) is 1. The number of carbonyl (C=O) groups excluding carboxylic acids is 1. The molecule has 19 heavy (non-hydrogen) atoms. The molecule has 0 aromatic heterocycles. The van der Waals surface area contributed by atoms with Gasteiger partial charge in [0.25, 0.3) is 0 Å². The molecule has 0 radical (unpaired) electrons. The Morgan fingerprint density at radius 1 is 1.53 bits per heavy atom. The highest BCUT2D eigenvalue weighted by Gasteiger charge is 2.27. The van der Waals surface area contributed by atoms with Crippen molar-refractivity contribution in [1.82, 2.24) is 10.2 Å². The average Bonchev–Trinajstić information content (AvgIpc) is 2.40. The van der Waals surface area contributed by atoms with Crippen LogP contribution in [0.4, 0.5) is 4.39 Å². The lowest BCUT2D eigenvalue weighted by molar-refractivity contribution is -0.124. The fourth-order valence-corrected chi connectivity index (χ4v) is 2.15.